The quantitative estimate of drug-likeness (QED) is 0.430. The lowest BCUT2D eigenvalue weighted by Gasteiger charge is -2.42. The van der Waals surface area contributed by atoms with Gasteiger partial charge in [-0.15, -0.1) is 10.2 Å². The number of aliphatic imine (C=N–C) groups is 1. The number of nitrogens with zero attached hydrogens (tertiary/aromatic N) is 6. The first-order valence-corrected chi connectivity index (χ1v) is 13.0. The molecular weight excluding hydrogens is 386 g/mol. The summed E-state index contributed by atoms with van der Waals surface area (Å²) in [6.07, 6.45) is 12.9. The van der Waals surface area contributed by atoms with Crippen molar-refractivity contribution >= 4 is 5.96 Å². The van der Waals surface area contributed by atoms with Gasteiger partial charge < -0.3 is 14.8 Å². The minimum atomic E-state index is 0.858. The van der Waals surface area contributed by atoms with Crippen LogP contribution in [-0.2, 0) is 19.4 Å². The lowest BCUT2D eigenvalue weighted by Crippen LogP contribution is -2.55. The molecule has 0 spiro atoms. The third-order valence-corrected chi connectivity index (χ3v) is 8.12. The van der Waals surface area contributed by atoms with Gasteiger partial charge in [-0.1, -0.05) is 12.8 Å². The summed E-state index contributed by atoms with van der Waals surface area (Å²) in [6.45, 7) is 9.67. The summed E-state index contributed by atoms with van der Waals surface area (Å²) in [5.41, 5.74) is 0. The van der Waals surface area contributed by atoms with Crippen LogP contribution in [-0.4, -0.2) is 75.8 Å². The Morgan fingerprint density at radius 1 is 1.03 bits per heavy atom. The Morgan fingerprint density at radius 3 is 2.71 bits per heavy atom. The Hall–Kier alpha value is -1.63. The van der Waals surface area contributed by atoms with E-state index in [-0.39, 0.29) is 0 Å². The number of hydrogen-bond acceptors (Lipinski definition) is 4. The van der Waals surface area contributed by atoms with Gasteiger partial charge in [0.1, 0.15) is 11.6 Å². The van der Waals surface area contributed by atoms with E-state index in [1.807, 2.05) is 0 Å². The number of guanidine groups is 1. The first-order chi connectivity index (χ1) is 15.3. The van der Waals surface area contributed by atoms with Crippen LogP contribution in [0.4, 0.5) is 0 Å². The lowest BCUT2D eigenvalue weighted by atomic mass is 9.93. The van der Waals surface area contributed by atoms with Crippen LogP contribution in [0.1, 0.15) is 69.9 Å². The molecule has 3 fully saturated rings. The van der Waals surface area contributed by atoms with Crippen LogP contribution >= 0.6 is 0 Å². The summed E-state index contributed by atoms with van der Waals surface area (Å²) in [6, 6.07) is 0.874. The molecule has 172 valence electrons. The molecule has 2 saturated carbocycles. The van der Waals surface area contributed by atoms with Crippen molar-refractivity contribution in [1.82, 2.24) is 29.9 Å². The van der Waals surface area contributed by atoms with Gasteiger partial charge in [-0.25, -0.2) is 0 Å². The highest BCUT2D eigenvalue weighted by Gasteiger charge is 2.42. The molecule has 31 heavy (non-hydrogen) atoms. The maximum absolute atomic E-state index is 4.98. The number of nitrogens with one attached hydrogen (secondary N) is 1. The predicted molar refractivity (Wildman–Crippen MR) is 124 cm³/mol. The van der Waals surface area contributed by atoms with Crippen molar-refractivity contribution in [3.63, 3.8) is 0 Å². The Kier molecular flexibility index (Phi) is 6.77. The van der Waals surface area contributed by atoms with Crippen molar-refractivity contribution in [2.24, 2.45) is 16.8 Å². The van der Waals surface area contributed by atoms with E-state index in [0.29, 0.717) is 0 Å². The van der Waals surface area contributed by atoms with E-state index in [1.54, 1.807) is 0 Å². The third kappa shape index (κ3) is 4.76. The summed E-state index contributed by atoms with van der Waals surface area (Å²) in [7, 11) is 0. The van der Waals surface area contributed by atoms with E-state index in [1.165, 1.54) is 63.9 Å². The summed E-state index contributed by atoms with van der Waals surface area (Å²) >= 11 is 0. The van der Waals surface area contributed by atoms with Crippen molar-refractivity contribution in [3.8, 4) is 0 Å². The molecule has 1 aromatic heterocycles. The summed E-state index contributed by atoms with van der Waals surface area (Å²) in [4.78, 5) is 10.3. The van der Waals surface area contributed by atoms with Crippen LogP contribution in [0.3, 0.4) is 0 Å². The molecule has 1 saturated heterocycles. The zero-order valence-electron chi connectivity index (χ0n) is 19.4. The standard InChI is InChI=1S/C24H41N7/c1-2-25-24(26-11-6-8-23-28-27-22-7-4-3-5-12-31(22)23)30-15-13-29(14-16-30)21-18-19-9-10-20(21)17-19/h19-21H,2-18H2,1H3,(H,25,26). The second kappa shape index (κ2) is 9.88. The van der Waals surface area contributed by atoms with Crippen LogP contribution in [0.2, 0.25) is 0 Å². The van der Waals surface area contributed by atoms with Gasteiger partial charge in [-0.3, -0.25) is 9.89 Å². The first-order valence-electron chi connectivity index (χ1n) is 13.0. The molecule has 3 heterocycles. The fourth-order valence-corrected chi connectivity index (χ4v) is 6.50. The van der Waals surface area contributed by atoms with Gasteiger partial charge in [0, 0.05) is 64.7 Å². The smallest absolute Gasteiger partial charge is 0.194 e. The predicted octanol–water partition coefficient (Wildman–Crippen LogP) is 2.71. The van der Waals surface area contributed by atoms with Crippen molar-refractivity contribution < 1.29 is 0 Å². The van der Waals surface area contributed by atoms with E-state index in [9.17, 15) is 0 Å². The molecule has 7 nitrogen and oxygen atoms in total. The van der Waals surface area contributed by atoms with E-state index in [0.717, 1.165) is 81.6 Å². The molecule has 1 aromatic rings. The molecule has 2 bridgehead atoms. The number of aryl methyl sites for hydroxylation is 2. The summed E-state index contributed by atoms with van der Waals surface area (Å²) < 4.78 is 2.37. The molecular formula is C24H41N7. The topological polar surface area (TPSA) is 61.6 Å². The molecule has 5 rings (SSSR count). The highest BCUT2D eigenvalue weighted by atomic mass is 15.4. The average molecular weight is 428 g/mol. The van der Waals surface area contributed by atoms with E-state index in [4.69, 9.17) is 4.99 Å². The minimum absolute atomic E-state index is 0.858. The first kappa shape index (κ1) is 21.2. The van der Waals surface area contributed by atoms with Crippen molar-refractivity contribution in [1.29, 1.82) is 0 Å². The Bertz CT molecular complexity index is 749. The molecule has 2 aliphatic carbocycles. The number of fused-ring (bicyclic) bond motifs is 3. The minimum Gasteiger partial charge on any atom is -0.357 e. The second-order valence-electron chi connectivity index (χ2n) is 10.1. The fourth-order valence-electron chi connectivity index (χ4n) is 6.50. The number of rotatable bonds is 6. The van der Waals surface area contributed by atoms with Crippen LogP contribution < -0.4 is 5.32 Å². The number of aromatic nitrogens is 3. The Morgan fingerprint density at radius 2 is 1.94 bits per heavy atom. The molecule has 0 amide bonds. The molecule has 3 atom stereocenters. The monoisotopic (exact) mass is 427 g/mol. The maximum Gasteiger partial charge on any atom is 0.194 e. The van der Waals surface area contributed by atoms with Gasteiger partial charge in [0.05, 0.1) is 0 Å². The largest absolute Gasteiger partial charge is 0.357 e. The average Bonchev–Trinajstić information content (AvgIpc) is 3.48. The molecule has 7 heteroatoms. The normalized spacial score (nSPS) is 29.3. The molecule has 0 aromatic carbocycles. The van der Waals surface area contributed by atoms with Crippen LogP contribution in [0.5, 0.6) is 0 Å². The molecule has 0 radical (unpaired) electrons. The van der Waals surface area contributed by atoms with Crippen molar-refractivity contribution in [2.45, 2.75) is 83.7 Å². The van der Waals surface area contributed by atoms with E-state index < -0.39 is 0 Å². The van der Waals surface area contributed by atoms with Gasteiger partial charge in [0.25, 0.3) is 0 Å². The Labute approximate surface area is 187 Å². The number of hydrogen-bond donors (Lipinski definition) is 1. The zero-order chi connectivity index (χ0) is 21.0. The van der Waals surface area contributed by atoms with Gasteiger partial charge in [0.15, 0.2) is 5.96 Å². The van der Waals surface area contributed by atoms with Crippen LogP contribution in [0.15, 0.2) is 4.99 Å². The van der Waals surface area contributed by atoms with E-state index in [2.05, 4.69) is 36.8 Å². The highest BCUT2D eigenvalue weighted by molar-refractivity contribution is 5.80. The van der Waals surface area contributed by atoms with Gasteiger partial charge >= 0.3 is 0 Å². The molecule has 3 unspecified atom stereocenters. The van der Waals surface area contributed by atoms with Crippen LogP contribution in [0, 0.1) is 11.8 Å². The lowest BCUT2D eigenvalue weighted by molar-refractivity contribution is 0.0958. The Balaban J connectivity index is 1.11. The number of piperazine rings is 1. The molecule has 4 aliphatic rings. The zero-order valence-corrected chi connectivity index (χ0v) is 19.4. The van der Waals surface area contributed by atoms with Crippen LogP contribution in [0.25, 0.3) is 0 Å². The SMILES string of the molecule is CCNC(=NCCCc1nnc2n1CCCCC2)N1CCN(C2CC3CCC2C3)CC1. The van der Waals surface area contributed by atoms with Crippen molar-refractivity contribution in [2.75, 3.05) is 39.3 Å². The summed E-state index contributed by atoms with van der Waals surface area (Å²) in [5, 5.41) is 12.5. The van der Waals surface area contributed by atoms with Gasteiger partial charge in [0.2, 0.25) is 0 Å². The highest BCUT2D eigenvalue weighted by Crippen LogP contribution is 2.46. The fraction of sp³-hybridized carbons (Fsp3) is 0.875. The van der Waals surface area contributed by atoms with Gasteiger partial charge in [-0.2, -0.15) is 0 Å². The molecule has 1 N–H and O–H groups in total. The summed E-state index contributed by atoms with van der Waals surface area (Å²) in [5.74, 6) is 5.49. The third-order valence-electron chi connectivity index (χ3n) is 8.12. The maximum atomic E-state index is 4.98. The van der Waals surface area contributed by atoms with Gasteiger partial charge in [-0.05, 0) is 57.3 Å². The molecule has 2 aliphatic heterocycles. The second-order valence-corrected chi connectivity index (χ2v) is 10.1. The van der Waals surface area contributed by atoms with E-state index >= 15 is 0 Å². The van der Waals surface area contributed by atoms with Crippen molar-refractivity contribution in [3.05, 3.63) is 11.6 Å².